The molecule has 0 atom stereocenters. The van der Waals surface area contributed by atoms with Crippen LogP contribution in [0.2, 0.25) is 0 Å². The number of aliphatic imine (C=N–C) groups is 1. The second-order valence-corrected chi connectivity index (χ2v) is 10.5. The predicted octanol–water partition coefficient (Wildman–Crippen LogP) is 6.63. The van der Waals surface area contributed by atoms with E-state index in [1.54, 1.807) is 36.4 Å². The zero-order chi connectivity index (χ0) is 27.4. The normalized spacial score (nSPS) is 13.9. The van der Waals surface area contributed by atoms with Gasteiger partial charge in [0.1, 0.15) is 28.8 Å². The molecule has 3 aromatic carbocycles. The van der Waals surface area contributed by atoms with Crippen LogP contribution in [-0.4, -0.2) is 33.6 Å². The summed E-state index contributed by atoms with van der Waals surface area (Å²) in [6, 6.07) is 17.1. The van der Waals surface area contributed by atoms with Crippen LogP contribution in [0, 0.1) is 5.82 Å². The van der Waals surface area contributed by atoms with Gasteiger partial charge in [0, 0.05) is 12.0 Å². The number of halogens is 1. The molecule has 0 unspecified atom stereocenters. The van der Waals surface area contributed by atoms with Crippen LogP contribution in [0.1, 0.15) is 26.2 Å². The molecule has 0 saturated heterocycles. The average Bonchev–Trinajstić information content (AvgIpc) is 2.91. The summed E-state index contributed by atoms with van der Waals surface area (Å²) in [5.41, 5.74) is 1.10. The van der Waals surface area contributed by atoms with E-state index in [1.165, 1.54) is 49.5 Å². The zero-order valence-corrected chi connectivity index (χ0v) is 22.3. The minimum atomic E-state index is -4.29. The maximum Gasteiger partial charge on any atom is 0.219 e. The van der Waals surface area contributed by atoms with Gasteiger partial charge >= 0.3 is 0 Å². The SMILES string of the molecule is C=C1N=C(CCCC)N(c2c(OC)cccc2OC)C(O)=C1S(=O)(=O)c1ccc(-c2ccccc2F)cc1. The first-order valence-corrected chi connectivity index (χ1v) is 13.5. The molecule has 0 saturated carbocycles. The fraction of sp³-hybridized carbons (Fsp3) is 0.207. The van der Waals surface area contributed by atoms with Crippen molar-refractivity contribution in [2.75, 3.05) is 19.1 Å². The summed E-state index contributed by atoms with van der Waals surface area (Å²) < 4.78 is 52.9. The van der Waals surface area contributed by atoms with Crippen molar-refractivity contribution in [3.05, 3.63) is 95.6 Å². The number of sulfone groups is 1. The number of hydrogen-bond donors (Lipinski definition) is 1. The molecule has 9 heteroatoms. The molecular weight excluding hydrogens is 507 g/mol. The Bertz CT molecular complexity index is 1510. The maximum atomic E-state index is 14.2. The van der Waals surface area contributed by atoms with Crippen LogP contribution in [0.4, 0.5) is 10.1 Å². The Morgan fingerprint density at radius 1 is 0.974 bits per heavy atom. The van der Waals surface area contributed by atoms with Crippen molar-refractivity contribution in [1.82, 2.24) is 0 Å². The highest BCUT2D eigenvalue weighted by molar-refractivity contribution is 7.95. The van der Waals surface area contributed by atoms with Gasteiger partial charge in [-0.15, -0.1) is 0 Å². The number of ether oxygens (including phenoxy) is 2. The lowest BCUT2D eigenvalue weighted by Gasteiger charge is -2.32. The molecule has 3 aromatic rings. The van der Waals surface area contributed by atoms with Crippen molar-refractivity contribution in [3.63, 3.8) is 0 Å². The zero-order valence-electron chi connectivity index (χ0n) is 21.4. The smallest absolute Gasteiger partial charge is 0.219 e. The summed E-state index contributed by atoms with van der Waals surface area (Å²) in [4.78, 5) is 5.33. The van der Waals surface area contributed by atoms with Gasteiger partial charge in [-0.1, -0.05) is 56.3 Å². The molecule has 4 rings (SSSR count). The maximum absolute atomic E-state index is 14.2. The van der Waals surface area contributed by atoms with E-state index in [4.69, 9.17) is 9.47 Å². The molecule has 38 heavy (non-hydrogen) atoms. The number of methoxy groups -OCH3 is 2. The molecular formula is C29H29FN2O5S. The van der Waals surface area contributed by atoms with Crippen LogP contribution in [0.15, 0.2) is 99.7 Å². The van der Waals surface area contributed by atoms with E-state index in [-0.39, 0.29) is 10.6 Å². The van der Waals surface area contributed by atoms with E-state index in [0.717, 1.165) is 12.8 Å². The van der Waals surface area contributed by atoms with Crippen molar-refractivity contribution in [3.8, 4) is 22.6 Å². The van der Waals surface area contributed by atoms with Gasteiger partial charge in [0.15, 0.2) is 4.91 Å². The molecule has 1 heterocycles. The van der Waals surface area contributed by atoms with Gasteiger partial charge < -0.3 is 14.6 Å². The molecule has 1 N–H and O–H groups in total. The van der Waals surface area contributed by atoms with Crippen LogP contribution in [0.3, 0.4) is 0 Å². The number of nitrogens with zero attached hydrogens (tertiary/aromatic N) is 2. The van der Waals surface area contributed by atoms with Crippen molar-refractivity contribution >= 4 is 21.4 Å². The lowest BCUT2D eigenvalue weighted by molar-refractivity contribution is 0.378. The number of para-hydroxylation sites is 1. The average molecular weight is 537 g/mol. The molecule has 0 amide bonds. The van der Waals surface area contributed by atoms with E-state index in [0.29, 0.717) is 40.6 Å². The van der Waals surface area contributed by atoms with Crippen molar-refractivity contribution < 1.29 is 27.4 Å². The third-order valence-corrected chi connectivity index (χ3v) is 8.05. The number of benzene rings is 3. The largest absolute Gasteiger partial charge is 0.494 e. The van der Waals surface area contributed by atoms with Gasteiger partial charge in [-0.2, -0.15) is 0 Å². The molecule has 0 aliphatic carbocycles. The Labute approximate surface area is 222 Å². The van der Waals surface area contributed by atoms with Crippen molar-refractivity contribution in [1.29, 1.82) is 0 Å². The van der Waals surface area contributed by atoms with E-state index >= 15 is 0 Å². The van der Waals surface area contributed by atoms with Gasteiger partial charge in [-0.05, 0) is 42.3 Å². The quantitative estimate of drug-likeness (QED) is 0.330. The highest BCUT2D eigenvalue weighted by Gasteiger charge is 2.37. The Morgan fingerprint density at radius 3 is 2.18 bits per heavy atom. The van der Waals surface area contributed by atoms with Gasteiger partial charge in [0.2, 0.25) is 15.7 Å². The van der Waals surface area contributed by atoms with E-state index < -0.39 is 26.4 Å². The Hall–Kier alpha value is -4.11. The number of aliphatic hydroxyl groups is 1. The Balaban J connectivity index is 1.85. The van der Waals surface area contributed by atoms with Crippen LogP contribution >= 0.6 is 0 Å². The lowest BCUT2D eigenvalue weighted by Crippen LogP contribution is -2.36. The highest BCUT2D eigenvalue weighted by atomic mass is 32.2. The molecule has 0 aromatic heterocycles. The summed E-state index contributed by atoms with van der Waals surface area (Å²) in [6.45, 7) is 5.88. The molecule has 0 radical (unpaired) electrons. The minimum Gasteiger partial charge on any atom is -0.494 e. The highest BCUT2D eigenvalue weighted by Crippen LogP contribution is 2.44. The topological polar surface area (TPSA) is 88.4 Å². The summed E-state index contributed by atoms with van der Waals surface area (Å²) in [5.74, 6) is 0.153. The first-order chi connectivity index (χ1) is 18.2. The van der Waals surface area contributed by atoms with Crippen molar-refractivity contribution in [2.24, 2.45) is 4.99 Å². The summed E-state index contributed by atoms with van der Waals surface area (Å²) in [5, 5.41) is 11.6. The van der Waals surface area contributed by atoms with Crippen LogP contribution in [0.5, 0.6) is 11.5 Å². The first kappa shape index (κ1) is 26.9. The van der Waals surface area contributed by atoms with Gasteiger partial charge in [0.25, 0.3) is 0 Å². The number of aliphatic hydroxyl groups excluding tert-OH is 1. The second-order valence-electron chi connectivity index (χ2n) is 8.59. The van der Waals surface area contributed by atoms with Gasteiger partial charge in [0.05, 0.1) is 24.8 Å². The fourth-order valence-corrected chi connectivity index (χ4v) is 5.72. The number of hydrogen-bond acceptors (Lipinski definition) is 7. The van der Waals surface area contributed by atoms with E-state index in [9.17, 15) is 17.9 Å². The lowest BCUT2D eigenvalue weighted by atomic mass is 10.1. The molecule has 7 nitrogen and oxygen atoms in total. The minimum absolute atomic E-state index is 0.0862. The predicted molar refractivity (Wildman–Crippen MR) is 147 cm³/mol. The molecule has 0 bridgehead atoms. The summed E-state index contributed by atoms with van der Waals surface area (Å²) >= 11 is 0. The van der Waals surface area contributed by atoms with Crippen LogP contribution in [0.25, 0.3) is 11.1 Å². The second kappa shape index (κ2) is 11.1. The fourth-order valence-electron chi connectivity index (χ4n) is 4.30. The Kier molecular flexibility index (Phi) is 7.87. The van der Waals surface area contributed by atoms with Gasteiger partial charge in [-0.3, -0.25) is 4.90 Å². The third kappa shape index (κ3) is 4.89. The molecule has 0 fully saturated rings. The molecule has 0 spiro atoms. The Morgan fingerprint density at radius 2 is 1.61 bits per heavy atom. The standard InChI is InChI=1S/C29H29FN2O5S/c1-5-6-14-26-31-19(2)28(29(33)32(26)27-24(36-3)12-9-13-25(27)37-4)38(34,35)21-17-15-20(16-18-21)22-10-7-8-11-23(22)30/h7-13,15-18,33H,2,5-6,14H2,1,3-4H3. The summed E-state index contributed by atoms with van der Waals surface area (Å²) in [6.07, 6.45) is 2.05. The first-order valence-electron chi connectivity index (χ1n) is 12.1. The van der Waals surface area contributed by atoms with Gasteiger partial charge in [-0.25, -0.2) is 17.8 Å². The van der Waals surface area contributed by atoms with E-state index in [1.807, 2.05) is 6.92 Å². The summed E-state index contributed by atoms with van der Waals surface area (Å²) in [7, 11) is -1.34. The number of rotatable bonds is 9. The number of amidine groups is 1. The molecule has 198 valence electrons. The third-order valence-electron chi connectivity index (χ3n) is 6.20. The van der Waals surface area contributed by atoms with Crippen LogP contribution < -0.4 is 14.4 Å². The number of anilines is 1. The van der Waals surface area contributed by atoms with E-state index in [2.05, 4.69) is 11.6 Å². The number of unbranched alkanes of at least 4 members (excludes halogenated alkanes) is 1. The molecule has 1 aliphatic rings. The molecule has 1 aliphatic heterocycles. The van der Waals surface area contributed by atoms with Crippen molar-refractivity contribution in [2.45, 2.75) is 31.1 Å². The monoisotopic (exact) mass is 536 g/mol. The van der Waals surface area contributed by atoms with Crippen LogP contribution in [-0.2, 0) is 9.84 Å².